The number of benzene rings is 8. The Bertz CT molecular complexity index is 2970. The van der Waals surface area contributed by atoms with Gasteiger partial charge in [0, 0.05) is 22.6 Å². The van der Waals surface area contributed by atoms with Gasteiger partial charge in [-0.1, -0.05) is 164 Å². The molecule has 3 atom stereocenters. The molecule has 53 heavy (non-hydrogen) atoms. The topological polar surface area (TPSA) is 36.8 Å². The van der Waals surface area contributed by atoms with Crippen LogP contribution in [0.2, 0.25) is 0 Å². The Kier molecular flexibility index (Phi) is 5.88. The van der Waals surface area contributed by atoms with Gasteiger partial charge >= 0.3 is 0 Å². The Morgan fingerprint density at radius 2 is 1.25 bits per heavy atom. The quantitative estimate of drug-likeness (QED) is 0.186. The van der Waals surface area contributed by atoms with Crippen molar-refractivity contribution in [1.82, 2.24) is 5.32 Å². The SMILES string of the molecule is C1=Cc2ccc3cccc4c3c2C(C1)C41c2ccccc2-c2c(C3=NC(c4cc5ccccc5c5ccccc45)N=C(c4ccccc4)N3)cccc21. The van der Waals surface area contributed by atoms with Crippen LogP contribution in [-0.4, -0.2) is 11.7 Å². The van der Waals surface area contributed by atoms with Crippen molar-refractivity contribution in [3.63, 3.8) is 0 Å². The van der Waals surface area contributed by atoms with Crippen molar-refractivity contribution in [2.75, 3.05) is 0 Å². The molecule has 0 amide bonds. The summed E-state index contributed by atoms with van der Waals surface area (Å²) in [6, 6.07) is 57.8. The van der Waals surface area contributed by atoms with E-state index in [0.717, 1.165) is 34.8 Å². The lowest BCUT2D eigenvalue weighted by molar-refractivity contribution is 0.513. The summed E-state index contributed by atoms with van der Waals surface area (Å²) < 4.78 is 0. The number of aliphatic imine (C=N–C) groups is 2. The number of nitrogens with one attached hydrogen (secondary N) is 1. The Morgan fingerprint density at radius 1 is 0.547 bits per heavy atom. The zero-order valence-corrected chi connectivity index (χ0v) is 28.9. The second-order valence-electron chi connectivity index (χ2n) is 14.8. The molecule has 0 aromatic heterocycles. The predicted octanol–water partition coefficient (Wildman–Crippen LogP) is 11.5. The van der Waals surface area contributed by atoms with E-state index in [9.17, 15) is 0 Å². The third-order valence-corrected chi connectivity index (χ3v) is 12.3. The highest BCUT2D eigenvalue weighted by Gasteiger charge is 2.56. The summed E-state index contributed by atoms with van der Waals surface area (Å²) in [5.74, 6) is 1.99. The molecule has 0 radical (unpaired) electrons. The molecule has 8 aromatic rings. The Balaban J connectivity index is 1.12. The fourth-order valence-electron chi connectivity index (χ4n) is 10.3. The van der Waals surface area contributed by atoms with E-state index in [1.54, 1.807) is 0 Å². The minimum atomic E-state index is -0.437. The van der Waals surface area contributed by atoms with E-state index in [0.29, 0.717) is 5.92 Å². The molecule has 0 saturated heterocycles. The summed E-state index contributed by atoms with van der Waals surface area (Å²) in [5.41, 5.74) is 12.6. The van der Waals surface area contributed by atoms with Gasteiger partial charge < -0.3 is 5.32 Å². The lowest BCUT2D eigenvalue weighted by Gasteiger charge is -2.37. The van der Waals surface area contributed by atoms with Crippen molar-refractivity contribution in [3.8, 4) is 11.1 Å². The largest absolute Gasteiger partial charge is 0.324 e. The summed E-state index contributed by atoms with van der Waals surface area (Å²) in [5, 5.41) is 11.4. The number of fused-ring (bicyclic) bond motifs is 10. The highest BCUT2D eigenvalue weighted by atomic mass is 15.2. The lowest BCUT2D eigenvalue weighted by atomic mass is 9.64. The molecule has 3 heteroatoms. The molecule has 4 aliphatic rings. The van der Waals surface area contributed by atoms with Crippen LogP contribution in [0.4, 0.5) is 0 Å². The molecule has 0 saturated carbocycles. The fraction of sp³-hybridized carbons (Fsp3) is 0.0800. The zero-order valence-electron chi connectivity index (χ0n) is 28.9. The maximum absolute atomic E-state index is 5.57. The van der Waals surface area contributed by atoms with Crippen molar-refractivity contribution in [2.45, 2.75) is 23.9 Å². The monoisotopic (exact) mass is 675 g/mol. The average molecular weight is 676 g/mol. The fourth-order valence-corrected chi connectivity index (χ4v) is 10.3. The van der Waals surface area contributed by atoms with E-state index >= 15 is 0 Å². The van der Waals surface area contributed by atoms with E-state index in [1.807, 2.05) is 0 Å². The molecule has 3 unspecified atom stereocenters. The molecule has 3 aliphatic carbocycles. The highest BCUT2D eigenvalue weighted by Crippen LogP contribution is 2.66. The molecule has 3 nitrogen and oxygen atoms in total. The Labute approximate surface area is 307 Å². The Hall–Kier alpha value is -6.58. The first-order chi connectivity index (χ1) is 26.3. The molecule has 12 rings (SSSR count). The number of hydrogen-bond acceptors (Lipinski definition) is 3. The van der Waals surface area contributed by atoms with Crippen LogP contribution >= 0.6 is 0 Å². The van der Waals surface area contributed by atoms with E-state index in [2.05, 4.69) is 175 Å². The van der Waals surface area contributed by atoms with Gasteiger partial charge in [0.1, 0.15) is 11.7 Å². The van der Waals surface area contributed by atoms with Crippen molar-refractivity contribution >= 4 is 50.1 Å². The molecular formula is C50H33N3. The van der Waals surface area contributed by atoms with Gasteiger partial charge in [-0.25, -0.2) is 9.98 Å². The van der Waals surface area contributed by atoms with Gasteiger partial charge in [-0.15, -0.1) is 0 Å². The highest BCUT2D eigenvalue weighted by molar-refractivity contribution is 6.19. The Morgan fingerprint density at radius 3 is 2.17 bits per heavy atom. The molecule has 1 spiro atoms. The van der Waals surface area contributed by atoms with E-state index in [-0.39, 0.29) is 5.41 Å². The van der Waals surface area contributed by atoms with Gasteiger partial charge in [-0.05, 0) is 83.7 Å². The molecule has 1 heterocycles. The minimum Gasteiger partial charge on any atom is -0.324 e. The van der Waals surface area contributed by atoms with Gasteiger partial charge in [0.15, 0.2) is 6.17 Å². The van der Waals surface area contributed by atoms with Crippen LogP contribution in [0.15, 0.2) is 174 Å². The number of hydrogen-bond donors (Lipinski definition) is 1. The van der Waals surface area contributed by atoms with Gasteiger partial charge in [-0.2, -0.15) is 0 Å². The van der Waals surface area contributed by atoms with Gasteiger partial charge in [0.2, 0.25) is 0 Å². The lowest BCUT2D eigenvalue weighted by Crippen LogP contribution is -2.36. The van der Waals surface area contributed by atoms with Crippen LogP contribution < -0.4 is 5.32 Å². The number of allylic oxidation sites excluding steroid dienone is 1. The molecular weight excluding hydrogens is 643 g/mol. The molecule has 0 fully saturated rings. The van der Waals surface area contributed by atoms with Crippen LogP contribution in [0.1, 0.15) is 63.0 Å². The van der Waals surface area contributed by atoms with E-state index < -0.39 is 6.17 Å². The van der Waals surface area contributed by atoms with Crippen LogP contribution in [0.5, 0.6) is 0 Å². The first-order valence-corrected chi connectivity index (χ1v) is 18.6. The van der Waals surface area contributed by atoms with Crippen molar-refractivity contribution in [1.29, 1.82) is 0 Å². The van der Waals surface area contributed by atoms with Crippen LogP contribution in [0.25, 0.3) is 49.5 Å². The van der Waals surface area contributed by atoms with Crippen LogP contribution in [0.3, 0.4) is 0 Å². The number of amidine groups is 2. The zero-order chi connectivity index (χ0) is 34.7. The smallest absolute Gasteiger partial charge is 0.170 e. The van der Waals surface area contributed by atoms with Crippen molar-refractivity contribution < 1.29 is 0 Å². The second-order valence-corrected chi connectivity index (χ2v) is 14.8. The maximum atomic E-state index is 5.57. The normalized spacial score (nSPS) is 20.4. The van der Waals surface area contributed by atoms with Gasteiger partial charge in [0.25, 0.3) is 0 Å². The first kappa shape index (κ1) is 29.0. The van der Waals surface area contributed by atoms with E-state index in [4.69, 9.17) is 9.98 Å². The third-order valence-electron chi connectivity index (χ3n) is 12.3. The van der Waals surface area contributed by atoms with Crippen LogP contribution in [0, 0.1) is 0 Å². The third kappa shape index (κ3) is 3.84. The molecule has 1 N–H and O–H groups in total. The minimum absolute atomic E-state index is 0.301. The number of rotatable bonds is 3. The van der Waals surface area contributed by atoms with Crippen molar-refractivity contribution in [3.05, 3.63) is 208 Å². The summed E-state index contributed by atoms with van der Waals surface area (Å²) in [4.78, 5) is 10.9. The van der Waals surface area contributed by atoms with E-state index in [1.165, 1.54) is 71.3 Å². The predicted molar refractivity (Wildman–Crippen MR) is 219 cm³/mol. The summed E-state index contributed by atoms with van der Waals surface area (Å²) in [7, 11) is 0. The molecule has 8 aromatic carbocycles. The standard InChI is InChI=1S/C50H33N3/c1-2-13-32(14-3-1)47-51-48(53-49(52-47)39-29-33-15-4-5-18-34(33)35-19-6-7-20-36(35)39)38-22-12-26-43-46(38)37-21-8-9-23-40(37)50(43)41-24-10-16-30-27-28-31-17-11-25-42(50)45(31)44(30)41/h1-24,26-29,42,49H,25H2,(H,51,52,53). The summed E-state index contributed by atoms with van der Waals surface area (Å²) in [6.45, 7) is 0. The van der Waals surface area contributed by atoms with Gasteiger partial charge in [-0.3, -0.25) is 0 Å². The first-order valence-electron chi connectivity index (χ1n) is 18.6. The van der Waals surface area contributed by atoms with Gasteiger partial charge in [0.05, 0.1) is 5.41 Å². The van der Waals surface area contributed by atoms with Crippen molar-refractivity contribution in [2.24, 2.45) is 9.98 Å². The number of nitrogens with zero attached hydrogens (tertiary/aromatic N) is 2. The second kappa shape index (κ2) is 10.7. The molecule has 248 valence electrons. The molecule has 0 bridgehead atoms. The molecule has 1 aliphatic heterocycles. The summed E-state index contributed by atoms with van der Waals surface area (Å²) in [6.07, 6.45) is 5.29. The maximum Gasteiger partial charge on any atom is 0.170 e. The average Bonchev–Trinajstić information content (AvgIpc) is 3.71. The van der Waals surface area contributed by atoms with Crippen LogP contribution in [-0.2, 0) is 5.41 Å². The summed E-state index contributed by atoms with van der Waals surface area (Å²) >= 11 is 0.